The van der Waals surface area contributed by atoms with Gasteiger partial charge in [-0.25, -0.2) is 8.42 Å². The average Bonchev–Trinajstić information content (AvgIpc) is 2.61. The number of carbonyl (C=O) groups excluding carboxylic acids is 1. The molecule has 2 aromatic carbocycles. The van der Waals surface area contributed by atoms with Crippen molar-refractivity contribution in [1.82, 2.24) is 5.32 Å². The van der Waals surface area contributed by atoms with Gasteiger partial charge in [0.15, 0.2) is 0 Å². The van der Waals surface area contributed by atoms with Gasteiger partial charge in [0.05, 0.1) is 10.6 Å². The van der Waals surface area contributed by atoms with E-state index in [-0.39, 0.29) is 16.2 Å². The second-order valence-corrected chi connectivity index (χ2v) is 9.22. The Labute approximate surface area is 162 Å². The van der Waals surface area contributed by atoms with Crippen molar-refractivity contribution in [3.63, 3.8) is 0 Å². The maximum Gasteiger partial charge on any atom is 0.261 e. The Morgan fingerprint density at radius 1 is 1.00 bits per heavy atom. The summed E-state index contributed by atoms with van der Waals surface area (Å²) in [5, 5.41) is 2.82. The van der Waals surface area contributed by atoms with Gasteiger partial charge in [0.25, 0.3) is 15.9 Å². The van der Waals surface area contributed by atoms with Gasteiger partial charge in [-0.1, -0.05) is 52.3 Å². The van der Waals surface area contributed by atoms with E-state index < -0.39 is 10.0 Å². The quantitative estimate of drug-likeness (QED) is 0.694. The SMILES string of the molecule is CCCCNC(=O)c1ccc(S(=O)(=O)Nc2ccccc2C(C)(C)C)cc1. The molecule has 0 aliphatic heterocycles. The van der Waals surface area contributed by atoms with Crippen LogP contribution < -0.4 is 10.0 Å². The Kier molecular flexibility index (Phi) is 6.65. The number of benzene rings is 2. The number of anilines is 1. The highest BCUT2D eigenvalue weighted by molar-refractivity contribution is 7.92. The van der Waals surface area contributed by atoms with E-state index in [2.05, 4.69) is 17.0 Å². The van der Waals surface area contributed by atoms with Gasteiger partial charge in [-0.2, -0.15) is 0 Å². The molecule has 2 N–H and O–H groups in total. The van der Waals surface area contributed by atoms with E-state index in [0.717, 1.165) is 18.4 Å². The summed E-state index contributed by atoms with van der Waals surface area (Å²) in [6.07, 6.45) is 1.91. The number of hydrogen-bond acceptors (Lipinski definition) is 3. The van der Waals surface area contributed by atoms with E-state index in [1.54, 1.807) is 12.1 Å². The van der Waals surface area contributed by atoms with Crippen LogP contribution in [0.1, 0.15) is 56.5 Å². The van der Waals surface area contributed by atoms with Crippen LogP contribution in [0.25, 0.3) is 0 Å². The van der Waals surface area contributed by atoms with E-state index in [0.29, 0.717) is 17.8 Å². The van der Waals surface area contributed by atoms with Gasteiger partial charge < -0.3 is 5.32 Å². The standard InChI is InChI=1S/C21H28N2O3S/c1-5-6-15-22-20(24)16-11-13-17(14-12-16)27(25,26)23-19-10-8-7-9-18(19)21(2,3)4/h7-14,23H,5-6,15H2,1-4H3,(H,22,24). The summed E-state index contributed by atoms with van der Waals surface area (Å²) in [6, 6.07) is 13.3. The molecular formula is C21H28N2O3S. The first kappa shape index (κ1) is 21.0. The lowest BCUT2D eigenvalue weighted by molar-refractivity contribution is 0.0953. The van der Waals surface area contributed by atoms with Gasteiger partial charge in [-0.3, -0.25) is 9.52 Å². The van der Waals surface area contributed by atoms with Crippen LogP contribution in [0, 0.1) is 0 Å². The molecule has 0 fully saturated rings. The fraction of sp³-hybridized carbons (Fsp3) is 0.381. The zero-order valence-electron chi connectivity index (χ0n) is 16.4. The summed E-state index contributed by atoms with van der Waals surface area (Å²) in [7, 11) is -3.74. The molecule has 0 bridgehead atoms. The smallest absolute Gasteiger partial charge is 0.261 e. The van der Waals surface area contributed by atoms with Crippen LogP contribution in [0.3, 0.4) is 0 Å². The number of carbonyl (C=O) groups is 1. The molecule has 27 heavy (non-hydrogen) atoms. The monoisotopic (exact) mass is 388 g/mol. The summed E-state index contributed by atoms with van der Waals surface area (Å²) in [4.78, 5) is 12.2. The van der Waals surface area contributed by atoms with Crippen molar-refractivity contribution in [3.05, 3.63) is 59.7 Å². The molecule has 1 amide bonds. The maximum absolute atomic E-state index is 12.8. The third-order valence-corrected chi connectivity index (χ3v) is 5.60. The fourth-order valence-electron chi connectivity index (χ4n) is 2.70. The summed E-state index contributed by atoms with van der Waals surface area (Å²) in [5.41, 5.74) is 1.73. The number of sulfonamides is 1. The van der Waals surface area contributed by atoms with Gasteiger partial charge in [-0.05, 0) is 47.7 Å². The van der Waals surface area contributed by atoms with Crippen LogP contribution >= 0.6 is 0 Å². The molecular weight excluding hydrogens is 360 g/mol. The highest BCUT2D eigenvalue weighted by atomic mass is 32.2. The second-order valence-electron chi connectivity index (χ2n) is 7.53. The third-order valence-electron chi connectivity index (χ3n) is 4.22. The number of hydrogen-bond donors (Lipinski definition) is 2. The molecule has 2 aromatic rings. The van der Waals surface area contributed by atoms with Crippen molar-refractivity contribution >= 4 is 21.6 Å². The van der Waals surface area contributed by atoms with E-state index >= 15 is 0 Å². The highest BCUT2D eigenvalue weighted by Crippen LogP contribution is 2.30. The summed E-state index contributed by atoms with van der Waals surface area (Å²) >= 11 is 0. The predicted octanol–water partition coefficient (Wildman–Crippen LogP) is 4.31. The number of rotatable bonds is 7. The Morgan fingerprint density at radius 3 is 2.22 bits per heavy atom. The first-order valence-electron chi connectivity index (χ1n) is 9.16. The molecule has 0 spiro atoms. The van der Waals surface area contributed by atoms with Crippen molar-refractivity contribution in [2.45, 2.75) is 50.8 Å². The molecule has 0 saturated heterocycles. The molecule has 0 unspecified atom stereocenters. The van der Waals surface area contributed by atoms with Gasteiger partial charge in [0, 0.05) is 12.1 Å². The van der Waals surface area contributed by atoms with Crippen LogP contribution in [0.4, 0.5) is 5.69 Å². The van der Waals surface area contributed by atoms with Crippen molar-refractivity contribution in [2.24, 2.45) is 0 Å². The van der Waals surface area contributed by atoms with Crippen molar-refractivity contribution in [1.29, 1.82) is 0 Å². The van der Waals surface area contributed by atoms with Crippen LogP contribution in [0.2, 0.25) is 0 Å². The van der Waals surface area contributed by atoms with E-state index in [4.69, 9.17) is 0 Å². The van der Waals surface area contributed by atoms with Gasteiger partial charge in [0.1, 0.15) is 0 Å². The second kappa shape index (κ2) is 8.57. The molecule has 0 aliphatic carbocycles. The lowest BCUT2D eigenvalue weighted by Crippen LogP contribution is -2.24. The number of unbranched alkanes of at least 4 members (excludes halogenated alkanes) is 1. The number of para-hydroxylation sites is 1. The van der Waals surface area contributed by atoms with Gasteiger partial charge >= 0.3 is 0 Å². The average molecular weight is 389 g/mol. The topological polar surface area (TPSA) is 75.3 Å². The van der Waals surface area contributed by atoms with Crippen molar-refractivity contribution in [2.75, 3.05) is 11.3 Å². The van der Waals surface area contributed by atoms with Gasteiger partial charge in [0.2, 0.25) is 0 Å². The van der Waals surface area contributed by atoms with Crippen LogP contribution in [-0.2, 0) is 15.4 Å². The zero-order valence-corrected chi connectivity index (χ0v) is 17.2. The van der Waals surface area contributed by atoms with E-state index in [9.17, 15) is 13.2 Å². The minimum atomic E-state index is -3.74. The minimum Gasteiger partial charge on any atom is -0.352 e. The van der Waals surface area contributed by atoms with Crippen LogP contribution in [0.15, 0.2) is 53.4 Å². The van der Waals surface area contributed by atoms with E-state index in [1.807, 2.05) is 32.9 Å². The fourth-order valence-corrected chi connectivity index (χ4v) is 3.78. The minimum absolute atomic E-state index is 0.122. The van der Waals surface area contributed by atoms with Crippen LogP contribution in [0.5, 0.6) is 0 Å². The molecule has 2 rings (SSSR count). The summed E-state index contributed by atoms with van der Waals surface area (Å²) < 4.78 is 28.2. The molecule has 0 saturated carbocycles. The Hall–Kier alpha value is -2.34. The predicted molar refractivity (Wildman–Crippen MR) is 110 cm³/mol. The van der Waals surface area contributed by atoms with Crippen molar-refractivity contribution < 1.29 is 13.2 Å². The Bertz CT molecular complexity index is 882. The Balaban J connectivity index is 2.20. The maximum atomic E-state index is 12.8. The largest absolute Gasteiger partial charge is 0.352 e. The summed E-state index contributed by atoms with van der Waals surface area (Å²) in [5.74, 6) is -0.196. The molecule has 0 aliphatic rings. The first-order chi connectivity index (χ1) is 12.6. The summed E-state index contributed by atoms with van der Waals surface area (Å²) in [6.45, 7) is 8.77. The molecule has 6 heteroatoms. The van der Waals surface area contributed by atoms with E-state index in [1.165, 1.54) is 24.3 Å². The molecule has 0 heterocycles. The number of nitrogens with one attached hydrogen (secondary N) is 2. The molecule has 5 nitrogen and oxygen atoms in total. The van der Waals surface area contributed by atoms with Gasteiger partial charge in [-0.15, -0.1) is 0 Å². The third kappa shape index (κ3) is 5.57. The lowest BCUT2D eigenvalue weighted by Gasteiger charge is -2.23. The molecule has 0 radical (unpaired) electrons. The molecule has 0 atom stereocenters. The zero-order chi connectivity index (χ0) is 20.1. The molecule has 146 valence electrons. The lowest BCUT2D eigenvalue weighted by atomic mass is 9.86. The Morgan fingerprint density at radius 2 is 1.63 bits per heavy atom. The van der Waals surface area contributed by atoms with Crippen molar-refractivity contribution in [3.8, 4) is 0 Å². The van der Waals surface area contributed by atoms with Crippen LogP contribution in [-0.4, -0.2) is 20.9 Å². The number of amides is 1. The normalized spacial score (nSPS) is 11.9. The first-order valence-corrected chi connectivity index (χ1v) is 10.6. The molecule has 0 aromatic heterocycles. The highest BCUT2D eigenvalue weighted by Gasteiger charge is 2.21.